The molecule has 1 aliphatic carbocycles. The summed E-state index contributed by atoms with van der Waals surface area (Å²) in [5, 5.41) is 5.86. The maximum absolute atomic E-state index is 12.8. The number of carbonyl (C=O) groups excluding carboxylic acids is 3. The van der Waals surface area contributed by atoms with Gasteiger partial charge in [0.1, 0.15) is 11.6 Å². The van der Waals surface area contributed by atoms with Gasteiger partial charge in [-0.1, -0.05) is 19.1 Å². The van der Waals surface area contributed by atoms with E-state index < -0.39 is 36.5 Å². The van der Waals surface area contributed by atoms with Crippen LogP contribution in [-0.4, -0.2) is 57.9 Å². The Morgan fingerprint density at radius 1 is 1.27 bits per heavy atom. The van der Waals surface area contributed by atoms with E-state index in [1.807, 2.05) is 31.2 Å². The fraction of sp³-hybridized carbons (Fsp3) is 0.519. The standard InChI is InChI=1S/C27H38N6O4/c1-7-20-21(18-11-12-18)32-24(22(31-20)23(28)34)30-19-10-8-9-17(15-19)13-14-29-25(35)16(2)33(6)26(36)37-27(3,4)5/h8-10,15-16,18H,7,11-14H2,1-6H3,(H2,28,34)(H,29,35)(H,30,32)/t16-/m0/s1/i6D3. The lowest BCUT2D eigenvalue weighted by Gasteiger charge is -2.28. The molecule has 3 rings (SSSR count). The summed E-state index contributed by atoms with van der Waals surface area (Å²) < 4.78 is 28.3. The topological polar surface area (TPSA) is 140 Å². The molecule has 10 nitrogen and oxygen atoms in total. The Hall–Kier alpha value is -3.69. The van der Waals surface area contributed by atoms with E-state index in [2.05, 4.69) is 15.6 Å². The molecule has 1 aliphatic rings. The highest BCUT2D eigenvalue weighted by Crippen LogP contribution is 2.41. The number of anilines is 2. The van der Waals surface area contributed by atoms with Crippen LogP contribution in [0.15, 0.2) is 24.3 Å². The average molecular weight is 514 g/mol. The number of aryl methyl sites for hydroxylation is 1. The molecule has 0 aliphatic heterocycles. The Morgan fingerprint density at radius 3 is 2.59 bits per heavy atom. The SMILES string of the molecule is [2H]C([2H])([2H])N(C(=O)OC(C)(C)C)[C@@H](C)C(=O)NCCc1cccc(Nc2nc(C3CC3)c(CC)nc2C(N)=O)c1. The summed E-state index contributed by atoms with van der Waals surface area (Å²) in [4.78, 5) is 47.0. The van der Waals surface area contributed by atoms with Crippen LogP contribution in [0.4, 0.5) is 16.3 Å². The van der Waals surface area contributed by atoms with Gasteiger partial charge in [0.05, 0.1) is 11.4 Å². The molecule has 0 saturated heterocycles. The van der Waals surface area contributed by atoms with Crippen LogP contribution in [0.2, 0.25) is 0 Å². The van der Waals surface area contributed by atoms with Gasteiger partial charge in [-0.25, -0.2) is 14.8 Å². The molecule has 1 saturated carbocycles. The zero-order chi connectivity index (χ0) is 29.8. The smallest absolute Gasteiger partial charge is 0.410 e. The summed E-state index contributed by atoms with van der Waals surface area (Å²) in [5.41, 5.74) is 7.95. The fourth-order valence-corrected chi connectivity index (χ4v) is 3.69. The van der Waals surface area contributed by atoms with E-state index in [4.69, 9.17) is 19.6 Å². The van der Waals surface area contributed by atoms with Gasteiger partial charge in [0, 0.05) is 29.2 Å². The zero-order valence-electron chi connectivity index (χ0n) is 25.1. The lowest BCUT2D eigenvalue weighted by molar-refractivity contribution is -0.125. The quantitative estimate of drug-likeness (QED) is 0.440. The fourth-order valence-electron chi connectivity index (χ4n) is 3.69. The van der Waals surface area contributed by atoms with Crippen LogP contribution in [0.25, 0.3) is 0 Å². The number of aromatic nitrogens is 2. The monoisotopic (exact) mass is 513 g/mol. The number of nitrogens with zero attached hydrogens (tertiary/aromatic N) is 3. The number of likely N-dealkylation sites (N-methyl/N-ethyl adjacent to an activating group) is 1. The molecule has 1 fully saturated rings. The molecule has 4 N–H and O–H groups in total. The van der Waals surface area contributed by atoms with Gasteiger partial charge in [0.25, 0.3) is 5.91 Å². The summed E-state index contributed by atoms with van der Waals surface area (Å²) >= 11 is 0. The number of nitrogens with one attached hydrogen (secondary N) is 2. The molecule has 0 unspecified atom stereocenters. The number of carbonyl (C=O) groups is 3. The van der Waals surface area contributed by atoms with Gasteiger partial charge in [0.2, 0.25) is 5.91 Å². The van der Waals surface area contributed by atoms with E-state index >= 15 is 0 Å². The van der Waals surface area contributed by atoms with Crippen LogP contribution >= 0.6 is 0 Å². The van der Waals surface area contributed by atoms with Gasteiger partial charge in [-0.3, -0.25) is 14.5 Å². The van der Waals surface area contributed by atoms with Crippen molar-refractivity contribution in [1.82, 2.24) is 20.2 Å². The van der Waals surface area contributed by atoms with E-state index in [0.717, 1.165) is 29.8 Å². The second kappa shape index (κ2) is 11.6. The summed E-state index contributed by atoms with van der Waals surface area (Å²) in [5.74, 6) is -0.643. The van der Waals surface area contributed by atoms with Gasteiger partial charge in [-0.05, 0) is 71.1 Å². The molecule has 0 spiro atoms. The molecule has 10 heteroatoms. The predicted molar refractivity (Wildman–Crippen MR) is 142 cm³/mol. The van der Waals surface area contributed by atoms with Crippen LogP contribution in [0.1, 0.15) is 84.9 Å². The minimum Gasteiger partial charge on any atom is -0.444 e. The zero-order valence-corrected chi connectivity index (χ0v) is 22.1. The van der Waals surface area contributed by atoms with E-state index in [1.54, 1.807) is 20.8 Å². The molecule has 2 aromatic rings. The van der Waals surface area contributed by atoms with Crippen molar-refractivity contribution in [3.8, 4) is 0 Å². The van der Waals surface area contributed by atoms with Crippen LogP contribution < -0.4 is 16.4 Å². The van der Waals surface area contributed by atoms with Gasteiger partial charge < -0.3 is 21.1 Å². The molecular formula is C27H38N6O4. The third-order valence-electron chi connectivity index (χ3n) is 5.79. The molecule has 0 bridgehead atoms. The Labute approximate surface area is 222 Å². The lowest BCUT2D eigenvalue weighted by Crippen LogP contribution is -2.47. The third kappa shape index (κ3) is 7.65. The lowest BCUT2D eigenvalue weighted by atomic mass is 10.1. The first-order valence-corrected chi connectivity index (χ1v) is 12.5. The normalized spacial score (nSPS) is 15.5. The van der Waals surface area contributed by atoms with Crippen LogP contribution in [0, 0.1) is 0 Å². The second-order valence-corrected chi connectivity index (χ2v) is 10.1. The number of benzene rings is 1. The van der Waals surface area contributed by atoms with E-state index in [9.17, 15) is 14.4 Å². The molecule has 1 atom stereocenters. The first kappa shape index (κ1) is 23.7. The van der Waals surface area contributed by atoms with Crippen molar-refractivity contribution >= 4 is 29.4 Å². The first-order chi connectivity index (χ1) is 18.6. The minimum absolute atomic E-state index is 0.0803. The van der Waals surface area contributed by atoms with Gasteiger partial charge in [-0.2, -0.15) is 0 Å². The number of hydrogen-bond acceptors (Lipinski definition) is 7. The molecule has 0 radical (unpaired) electrons. The predicted octanol–water partition coefficient (Wildman–Crippen LogP) is 3.67. The summed E-state index contributed by atoms with van der Waals surface area (Å²) in [6.45, 7) is 5.49. The van der Waals surface area contributed by atoms with Crippen molar-refractivity contribution in [2.24, 2.45) is 5.73 Å². The van der Waals surface area contributed by atoms with Crippen LogP contribution in [0.3, 0.4) is 0 Å². The van der Waals surface area contributed by atoms with Crippen LogP contribution in [0.5, 0.6) is 0 Å². The molecule has 3 amide bonds. The number of primary amides is 1. The van der Waals surface area contributed by atoms with Crippen molar-refractivity contribution < 1.29 is 23.2 Å². The van der Waals surface area contributed by atoms with E-state index in [-0.39, 0.29) is 12.2 Å². The molecule has 1 heterocycles. The maximum atomic E-state index is 12.8. The van der Waals surface area contributed by atoms with Crippen molar-refractivity contribution in [2.75, 3.05) is 18.8 Å². The average Bonchev–Trinajstić information content (AvgIpc) is 3.67. The highest BCUT2D eigenvalue weighted by Gasteiger charge is 2.30. The first-order valence-electron chi connectivity index (χ1n) is 14.0. The molecule has 37 heavy (non-hydrogen) atoms. The summed E-state index contributed by atoms with van der Waals surface area (Å²) in [6.07, 6.45) is 2.06. The van der Waals surface area contributed by atoms with Crippen LogP contribution in [-0.2, 0) is 22.4 Å². The number of rotatable bonds is 10. The third-order valence-corrected chi connectivity index (χ3v) is 5.79. The number of ether oxygens (including phenoxy) is 1. The van der Waals surface area contributed by atoms with Gasteiger partial charge >= 0.3 is 6.09 Å². The summed E-state index contributed by atoms with van der Waals surface area (Å²) in [7, 11) is 0. The number of hydrogen-bond donors (Lipinski definition) is 3. The van der Waals surface area contributed by atoms with Crippen molar-refractivity contribution in [3.05, 3.63) is 46.9 Å². The highest BCUT2D eigenvalue weighted by molar-refractivity contribution is 5.96. The Bertz CT molecular complexity index is 1260. The Morgan fingerprint density at radius 2 is 2.00 bits per heavy atom. The summed E-state index contributed by atoms with van der Waals surface area (Å²) in [6, 6.07) is 6.07. The highest BCUT2D eigenvalue weighted by atomic mass is 16.6. The largest absolute Gasteiger partial charge is 0.444 e. The number of amides is 3. The Balaban J connectivity index is 1.67. The molecule has 1 aromatic carbocycles. The minimum atomic E-state index is -2.86. The molecule has 1 aromatic heterocycles. The van der Waals surface area contributed by atoms with E-state index in [1.165, 1.54) is 6.92 Å². The van der Waals surface area contributed by atoms with Gasteiger partial charge in [0.15, 0.2) is 11.5 Å². The van der Waals surface area contributed by atoms with Crippen molar-refractivity contribution in [1.29, 1.82) is 0 Å². The molecular weight excluding hydrogens is 472 g/mol. The number of nitrogens with two attached hydrogens (primary N) is 1. The van der Waals surface area contributed by atoms with Gasteiger partial charge in [-0.15, -0.1) is 0 Å². The maximum Gasteiger partial charge on any atom is 0.410 e. The van der Waals surface area contributed by atoms with E-state index in [0.29, 0.717) is 35.2 Å². The Kier molecular flexibility index (Phi) is 7.41. The van der Waals surface area contributed by atoms with Crippen molar-refractivity contribution in [3.63, 3.8) is 0 Å². The second-order valence-electron chi connectivity index (χ2n) is 10.1. The molecule has 200 valence electrons. The van der Waals surface area contributed by atoms with Crippen molar-refractivity contribution in [2.45, 2.75) is 77.9 Å².